The van der Waals surface area contributed by atoms with Crippen LogP contribution in [0.1, 0.15) is 26.3 Å². The number of rotatable bonds is 2. The van der Waals surface area contributed by atoms with E-state index in [1.807, 2.05) is 43.9 Å². The van der Waals surface area contributed by atoms with Crippen molar-refractivity contribution in [2.75, 3.05) is 19.6 Å². The topological polar surface area (TPSA) is 41.6 Å². The molecule has 0 aliphatic carbocycles. The summed E-state index contributed by atoms with van der Waals surface area (Å²) in [5, 5.41) is 3.36. The SMILES string of the molecule is CC(C)(C)OC(=O)N1CCNCC1Cc1ccccc1Br. The highest BCUT2D eigenvalue weighted by Crippen LogP contribution is 2.21. The largest absolute Gasteiger partial charge is 0.444 e. The number of amides is 1. The molecule has 21 heavy (non-hydrogen) atoms. The summed E-state index contributed by atoms with van der Waals surface area (Å²) in [5.41, 5.74) is 0.750. The van der Waals surface area contributed by atoms with Crippen molar-refractivity contribution in [3.05, 3.63) is 34.3 Å². The number of hydrogen-bond donors (Lipinski definition) is 1. The van der Waals surface area contributed by atoms with Gasteiger partial charge in [0, 0.05) is 24.1 Å². The molecule has 1 aromatic carbocycles. The van der Waals surface area contributed by atoms with Gasteiger partial charge in [-0.1, -0.05) is 34.1 Å². The first-order chi connectivity index (χ1) is 9.87. The highest BCUT2D eigenvalue weighted by molar-refractivity contribution is 9.10. The predicted molar refractivity (Wildman–Crippen MR) is 87.4 cm³/mol. The molecule has 0 radical (unpaired) electrons. The van der Waals surface area contributed by atoms with E-state index >= 15 is 0 Å². The number of carbonyl (C=O) groups excluding carboxylic acids is 1. The zero-order valence-electron chi connectivity index (χ0n) is 12.9. The quantitative estimate of drug-likeness (QED) is 0.886. The zero-order valence-corrected chi connectivity index (χ0v) is 14.4. The number of carbonyl (C=O) groups is 1. The standard InChI is InChI=1S/C16H23BrN2O2/c1-16(2,3)21-15(20)19-9-8-18-11-13(19)10-12-6-4-5-7-14(12)17/h4-7,13,18H,8-11H2,1-3H3. The zero-order chi connectivity index (χ0) is 15.5. The summed E-state index contributed by atoms with van der Waals surface area (Å²) in [5.74, 6) is 0. The third kappa shape index (κ3) is 4.71. The van der Waals surface area contributed by atoms with Crippen LogP contribution in [0.3, 0.4) is 0 Å². The Labute approximate surface area is 135 Å². The summed E-state index contributed by atoms with van der Waals surface area (Å²) >= 11 is 3.57. The molecule has 1 unspecified atom stereocenters. The maximum absolute atomic E-state index is 12.4. The number of nitrogens with zero attached hydrogens (tertiary/aromatic N) is 1. The van der Waals surface area contributed by atoms with E-state index in [2.05, 4.69) is 27.3 Å². The van der Waals surface area contributed by atoms with Gasteiger partial charge in [0.1, 0.15) is 5.60 Å². The van der Waals surface area contributed by atoms with Gasteiger partial charge in [0.15, 0.2) is 0 Å². The molecule has 1 aliphatic rings. The van der Waals surface area contributed by atoms with Crippen LogP contribution in [0, 0.1) is 0 Å². The fraction of sp³-hybridized carbons (Fsp3) is 0.562. The van der Waals surface area contributed by atoms with Crippen molar-refractivity contribution in [3.8, 4) is 0 Å². The Morgan fingerprint density at radius 1 is 1.43 bits per heavy atom. The van der Waals surface area contributed by atoms with Crippen molar-refractivity contribution in [2.45, 2.75) is 38.8 Å². The molecule has 0 saturated carbocycles. The Bertz CT molecular complexity index is 499. The minimum atomic E-state index is -0.458. The average Bonchev–Trinajstić information content (AvgIpc) is 2.40. The van der Waals surface area contributed by atoms with Gasteiger partial charge in [0.2, 0.25) is 0 Å². The summed E-state index contributed by atoms with van der Waals surface area (Å²) in [6.07, 6.45) is 0.592. The van der Waals surface area contributed by atoms with Crippen LogP contribution in [0.25, 0.3) is 0 Å². The van der Waals surface area contributed by atoms with E-state index in [0.29, 0.717) is 6.54 Å². The van der Waals surface area contributed by atoms with Crippen LogP contribution in [-0.2, 0) is 11.2 Å². The van der Waals surface area contributed by atoms with Gasteiger partial charge in [0.05, 0.1) is 6.04 Å². The van der Waals surface area contributed by atoms with Gasteiger partial charge in [-0.05, 0) is 38.8 Å². The number of ether oxygens (including phenoxy) is 1. The molecular formula is C16H23BrN2O2. The van der Waals surface area contributed by atoms with Crippen LogP contribution in [0.4, 0.5) is 4.79 Å². The summed E-state index contributed by atoms with van der Waals surface area (Å²) in [7, 11) is 0. The van der Waals surface area contributed by atoms with Gasteiger partial charge in [0.25, 0.3) is 0 Å². The molecular weight excluding hydrogens is 332 g/mol. The lowest BCUT2D eigenvalue weighted by Gasteiger charge is -2.37. The molecule has 1 amide bonds. The molecule has 1 atom stereocenters. The summed E-state index contributed by atoms with van der Waals surface area (Å²) in [4.78, 5) is 14.2. The van der Waals surface area contributed by atoms with Crippen LogP contribution < -0.4 is 5.32 Å². The van der Waals surface area contributed by atoms with Crippen molar-refractivity contribution in [3.63, 3.8) is 0 Å². The fourth-order valence-electron chi connectivity index (χ4n) is 2.42. The van der Waals surface area contributed by atoms with E-state index < -0.39 is 5.60 Å². The van der Waals surface area contributed by atoms with Crippen molar-refractivity contribution in [2.24, 2.45) is 0 Å². The van der Waals surface area contributed by atoms with Crippen LogP contribution in [0.2, 0.25) is 0 Å². The van der Waals surface area contributed by atoms with E-state index in [4.69, 9.17) is 4.74 Å². The molecule has 116 valence electrons. The number of piperazine rings is 1. The molecule has 0 spiro atoms. The Balaban J connectivity index is 2.09. The molecule has 1 fully saturated rings. The second-order valence-corrected chi connectivity index (χ2v) is 7.18. The number of benzene rings is 1. The second-order valence-electron chi connectivity index (χ2n) is 6.33. The van der Waals surface area contributed by atoms with E-state index in [-0.39, 0.29) is 12.1 Å². The summed E-state index contributed by atoms with van der Waals surface area (Å²) < 4.78 is 6.61. The Morgan fingerprint density at radius 2 is 2.14 bits per heavy atom. The molecule has 0 aromatic heterocycles. The highest BCUT2D eigenvalue weighted by atomic mass is 79.9. The first kappa shape index (κ1) is 16.3. The minimum absolute atomic E-state index is 0.118. The van der Waals surface area contributed by atoms with Gasteiger partial charge < -0.3 is 15.0 Å². The van der Waals surface area contributed by atoms with Crippen LogP contribution in [-0.4, -0.2) is 42.3 Å². The number of halogens is 1. The maximum atomic E-state index is 12.4. The van der Waals surface area contributed by atoms with Crippen LogP contribution in [0.5, 0.6) is 0 Å². The highest BCUT2D eigenvalue weighted by Gasteiger charge is 2.30. The third-order valence-electron chi connectivity index (χ3n) is 3.39. The summed E-state index contributed by atoms with van der Waals surface area (Å²) in [6, 6.07) is 8.26. The Hall–Kier alpha value is -1.07. The van der Waals surface area contributed by atoms with E-state index in [1.165, 1.54) is 5.56 Å². The third-order valence-corrected chi connectivity index (χ3v) is 4.17. The molecule has 1 N–H and O–H groups in total. The first-order valence-corrected chi connectivity index (χ1v) is 8.10. The van der Waals surface area contributed by atoms with Crippen molar-refractivity contribution in [1.82, 2.24) is 10.2 Å². The molecule has 1 aliphatic heterocycles. The summed E-state index contributed by atoms with van der Waals surface area (Å²) in [6.45, 7) is 7.98. The number of hydrogen-bond acceptors (Lipinski definition) is 3. The molecule has 1 aromatic rings. The van der Waals surface area contributed by atoms with Gasteiger partial charge in [-0.3, -0.25) is 0 Å². The van der Waals surface area contributed by atoms with Crippen molar-refractivity contribution >= 4 is 22.0 Å². The lowest BCUT2D eigenvalue weighted by atomic mass is 10.0. The Morgan fingerprint density at radius 3 is 2.81 bits per heavy atom. The van der Waals surface area contributed by atoms with Gasteiger partial charge in [-0.25, -0.2) is 4.79 Å². The molecule has 1 saturated heterocycles. The number of nitrogens with one attached hydrogen (secondary N) is 1. The Kier molecular flexibility index (Phi) is 5.27. The normalized spacial score (nSPS) is 19.4. The van der Waals surface area contributed by atoms with E-state index in [1.54, 1.807) is 0 Å². The molecule has 0 bridgehead atoms. The smallest absolute Gasteiger partial charge is 0.410 e. The minimum Gasteiger partial charge on any atom is -0.444 e. The maximum Gasteiger partial charge on any atom is 0.410 e. The predicted octanol–water partition coefficient (Wildman–Crippen LogP) is 3.20. The average molecular weight is 355 g/mol. The van der Waals surface area contributed by atoms with Gasteiger partial charge >= 0.3 is 6.09 Å². The van der Waals surface area contributed by atoms with Crippen molar-refractivity contribution < 1.29 is 9.53 Å². The van der Waals surface area contributed by atoms with Crippen molar-refractivity contribution in [1.29, 1.82) is 0 Å². The lowest BCUT2D eigenvalue weighted by molar-refractivity contribution is 0.0121. The first-order valence-electron chi connectivity index (χ1n) is 7.30. The van der Waals surface area contributed by atoms with Gasteiger partial charge in [-0.15, -0.1) is 0 Å². The molecule has 2 rings (SSSR count). The monoisotopic (exact) mass is 354 g/mol. The fourth-order valence-corrected chi connectivity index (χ4v) is 2.87. The van der Waals surface area contributed by atoms with Crippen LogP contribution >= 0.6 is 15.9 Å². The van der Waals surface area contributed by atoms with E-state index in [0.717, 1.165) is 24.0 Å². The van der Waals surface area contributed by atoms with E-state index in [9.17, 15) is 4.79 Å². The van der Waals surface area contributed by atoms with Gasteiger partial charge in [-0.2, -0.15) is 0 Å². The molecule has 4 nitrogen and oxygen atoms in total. The molecule has 5 heteroatoms. The second kappa shape index (κ2) is 6.79. The lowest BCUT2D eigenvalue weighted by Crippen LogP contribution is -2.55. The van der Waals surface area contributed by atoms with Crippen LogP contribution in [0.15, 0.2) is 28.7 Å². The molecule has 1 heterocycles.